The normalized spacial score (nSPS) is 12.5. The van der Waals surface area contributed by atoms with E-state index < -0.39 is 46.2 Å². The molecule has 0 saturated heterocycles. The van der Waals surface area contributed by atoms with Crippen molar-refractivity contribution in [3.05, 3.63) is 94.0 Å². The lowest BCUT2D eigenvalue weighted by Gasteiger charge is -2.32. The Hall–Kier alpha value is -3.28. The zero-order valence-corrected chi connectivity index (χ0v) is 23.1. The average Bonchev–Trinajstić information content (AvgIpc) is 2.90. The summed E-state index contributed by atoms with van der Waals surface area (Å²) < 4.78 is 68.3. The van der Waals surface area contributed by atoms with Crippen LogP contribution in [-0.4, -0.2) is 44.8 Å². The number of likely N-dealkylation sites (N-methyl/N-ethyl adjacent to an activating group) is 1. The van der Waals surface area contributed by atoms with Crippen molar-refractivity contribution in [3.8, 4) is 0 Å². The fourth-order valence-electron chi connectivity index (χ4n) is 3.71. The molecule has 1 N–H and O–H groups in total. The highest BCUT2D eigenvalue weighted by atomic mass is 35.5. The van der Waals surface area contributed by atoms with Gasteiger partial charge in [0.1, 0.15) is 12.6 Å². The summed E-state index contributed by atoms with van der Waals surface area (Å²) in [6.07, 6.45) is -4.76. The van der Waals surface area contributed by atoms with Crippen LogP contribution in [-0.2, 0) is 32.3 Å². The van der Waals surface area contributed by atoms with Crippen LogP contribution in [0.5, 0.6) is 0 Å². The number of anilines is 1. The number of halogens is 5. The van der Waals surface area contributed by atoms with Gasteiger partial charge >= 0.3 is 6.18 Å². The molecule has 3 aromatic rings. The molecule has 0 aliphatic heterocycles. The van der Waals surface area contributed by atoms with Crippen LogP contribution in [0.4, 0.5) is 18.9 Å². The van der Waals surface area contributed by atoms with E-state index in [1.54, 1.807) is 12.1 Å². The van der Waals surface area contributed by atoms with Crippen molar-refractivity contribution in [1.82, 2.24) is 10.2 Å². The van der Waals surface area contributed by atoms with Gasteiger partial charge in [0.15, 0.2) is 0 Å². The van der Waals surface area contributed by atoms with Gasteiger partial charge in [0.2, 0.25) is 11.8 Å². The first-order chi connectivity index (χ1) is 18.3. The average molecular weight is 602 g/mol. The highest BCUT2D eigenvalue weighted by molar-refractivity contribution is 7.92. The van der Waals surface area contributed by atoms with Gasteiger partial charge in [-0.05, 0) is 55.0 Å². The zero-order valence-electron chi connectivity index (χ0n) is 20.7. The number of nitrogens with zero attached hydrogens (tertiary/aromatic N) is 2. The molecule has 0 aromatic heterocycles. The Bertz CT molecular complexity index is 1450. The van der Waals surface area contributed by atoms with Crippen LogP contribution in [0.1, 0.15) is 18.1 Å². The summed E-state index contributed by atoms with van der Waals surface area (Å²) >= 11 is 12.2. The van der Waals surface area contributed by atoms with E-state index in [0.717, 1.165) is 23.1 Å². The number of benzene rings is 3. The highest BCUT2D eigenvalue weighted by Gasteiger charge is 2.35. The molecule has 1 atom stereocenters. The minimum Gasteiger partial charge on any atom is -0.357 e. The summed E-state index contributed by atoms with van der Waals surface area (Å²) in [7, 11) is -3.14. The van der Waals surface area contributed by atoms with Crippen LogP contribution in [0.2, 0.25) is 10.0 Å². The van der Waals surface area contributed by atoms with Gasteiger partial charge in [0, 0.05) is 23.6 Å². The summed E-state index contributed by atoms with van der Waals surface area (Å²) in [5, 5.41) is 2.97. The Labute approximate surface area is 234 Å². The Balaban J connectivity index is 2.10. The number of rotatable bonds is 9. The lowest BCUT2D eigenvalue weighted by Crippen LogP contribution is -2.50. The van der Waals surface area contributed by atoms with E-state index in [2.05, 4.69) is 5.32 Å². The largest absolute Gasteiger partial charge is 0.416 e. The van der Waals surface area contributed by atoms with Crippen LogP contribution in [0, 0.1) is 0 Å². The van der Waals surface area contributed by atoms with Gasteiger partial charge in [-0.3, -0.25) is 13.9 Å². The smallest absolute Gasteiger partial charge is 0.357 e. The molecule has 0 radical (unpaired) electrons. The number of amides is 2. The fourth-order valence-corrected chi connectivity index (χ4v) is 5.61. The molecule has 0 heterocycles. The Morgan fingerprint density at radius 3 is 2.23 bits per heavy atom. The quantitative estimate of drug-likeness (QED) is 0.357. The second kappa shape index (κ2) is 12.3. The van der Waals surface area contributed by atoms with E-state index in [1.165, 1.54) is 50.4 Å². The number of hydrogen-bond acceptors (Lipinski definition) is 4. The van der Waals surface area contributed by atoms with Gasteiger partial charge in [-0.15, -0.1) is 0 Å². The van der Waals surface area contributed by atoms with Gasteiger partial charge in [-0.25, -0.2) is 8.42 Å². The molecule has 0 bridgehead atoms. The predicted molar refractivity (Wildman–Crippen MR) is 143 cm³/mol. The van der Waals surface area contributed by atoms with Crippen molar-refractivity contribution in [2.24, 2.45) is 0 Å². The van der Waals surface area contributed by atoms with Crippen molar-refractivity contribution in [3.63, 3.8) is 0 Å². The Kier molecular flexibility index (Phi) is 9.52. The van der Waals surface area contributed by atoms with E-state index in [-0.39, 0.29) is 22.2 Å². The monoisotopic (exact) mass is 601 g/mol. The van der Waals surface area contributed by atoms with Crippen molar-refractivity contribution in [2.45, 2.75) is 30.6 Å². The van der Waals surface area contributed by atoms with Gasteiger partial charge in [0.05, 0.1) is 16.1 Å². The first kappa shape index (κ1) is 30.3. The number of sulfonamides is 1. The van der Waals surface area contributed by atoms with Gasteiger partial charge in [-0.2, -0.15) is 13.2 Å². The molecular weight excluding hydrogens is 578 g/mol. The maximum atomic E-state index is 13.7. The van der Waals surface area contributed by atoms with Crippen LogP contribution in [0.3, 0.4) is 0 Å². The lowest BCUT2D eigenvalue weighted by molar-refractivity contribution is -0.139. The third-order valence-electron chi connectivity index (χ3n) is 5.84. The van der Waals surface area contributed by atoms with Crippen LogP contribution in [0.25, 0.3) is 0 Å². The lowest BCUT2D eigenvalue weighted by atomic mass is 10.1. The van der Waals surface area contributed by atoms with Gasteiger partial charge in [0.25, 0.3) is 10.0 Å². The molecule has 0 spiro atoms. The fraction of sp³-hybridized carbons (Fsp3) is 0.231. The van der Waals surface area contributed by atoms with Gasteiger partial charge < -0.3 is 10.2 Å². The van der Waals surface area contributed by atoms with Crippen LogP contribution >= 0.6 is 23.2 Å². The van der Waals surface area contributed by atoms with E-state index in [9.17, 15) is 31.2 Å². The third-order valence-corrected chi connectivity index (χ3v) is 8.22. The third kappa shape index (κ3) is 7.23. The van der Waals surface area contributed by atoms with E-state index in [1.807, 2.05) is 0 Å². The number of alkyl halides is 3. The molecule has 0 saturated carbocycles. The molecule has 39 heavy (non-hydrogen) atoms. The van der Waals surface area contributed by atoms with E-state index >= 15 is 0 Å². The second-order valence-corrected chi connectivity index (χ2v) is 11.1. The second-order valence-electron chi connectivity index (χ2n) is 8.42. The van der Waals surface area contributed by atoms with Crippen molar-refractivity contribution in [1.29, 1.82) is 0 Å². The Morgan fingerprint density at radius 1 is 0.974 bits per heavy atom. The van der Waals surface area contributed by atoms with Gasteiger partial charge in [-0.1, -0.05) is 53.5 Å². The summed E-state index contributed by atoms with van der Waals surface area (Å²) in [6, 6.07) is 14.1. The van der Waals surface area contributed by atoms with Crippen molar-refractivity contribution >= 4 is 50.7 Å². The Morgan fingerprint density at radius 2 is 1.64 bits per heavy atom. The molecular formula is C26H24Cl2F3N3O4S. The molecule has 0 unspecified atom stereocenters. The van der Waals surface area contributed by atoms with E-state index in [0.29, 0.717) is 21.0 Å². The predicted octanol–water partition coefficient (Wildman–Crippen LogP) is 5.37. The summed E-state index contributed by atoms with van der Waals surface area (Å²) in [5.41, 5.74) is -1.05. The SMILES string of the molecule is CNC(=O)[C@H](C)N(Cc1ccc(Cl)cc1Cl)C(=O)CN(c1cccc(C(F)(F)F)c1)S(=O)(=O)c1ccccc1. The molecule has 208 valence electrons. The zero-order chi connectivity index (χ0) is 29.0. The molecule has 13 heteroatoms. The molecule has 0 aliphatic carbocycles. The number of carbonyl (C=O) groups is 2. The molecule has 7 nitrogen and oxygen atoms in total. The standard InChI is InChI=1S/C26H24Cl2F3N3O4S/c1-17(25(36)32-2)33(15-18-11-12-20(27)14-23(18)28)24(35)16-34(39(37,38)22-9-4-3-5-10-22)21-8-6-7-19(13-21)26(29,30)31/h3-14,17H,15-16H2,1-2H3,(H,32,36)/t17-/m0/s1. The van der Waals surface area contributed by atoms with Crippen molar-refractivity contribution < 1.29 is 31.2 Å². The number of carbonyl (C=O) groups excluding carboxylic acids is 2. The maximum absolute atomic E-state index is 13.7. The topological polar surface area (TPSA) is 86.8 Å². The highest BCUT2D eigenvalue weighted by Crippen LogP contribution is 2.33. The van der Waals surface area contributed by atoms with Crippen LogP contribution < -0.4 is 9.62 Å². The molecule has 0 fully saturated rings. The molecule has 2 amide bonds. The maximum Gasteiger partial charge on any atom is 0.416 e. The number of hydrogen-bond donors (Lipinski definition) is 1. The first-order valence-electron chi connectivity index (χ1n) is 11.5. The summed E-state index contributed by atoms with van der Waals surface area (Å²) in [5.74, 6) is -1.40. The minimum absolute atomic E-state index is 0.203. The minimum atomic E-state index is -4.76. The molecule has 0 aliphatic rings. The van der Waals surface area contributed by atoms with Crippen LogP contribution in [0.15, 0.2) is 77.7 Å². The van der Waals surface area contributed by atoms with E-state index in [4.69, 9.17) is 23.2 Å². The number of nitrogens with one attached hydrogen (secondary N) is 1. The molecule has 3 aromatic carbocycles. The molecule has 3 rings (SSSR count). The summed E-state index contributed by atoms with van der Waals surface area (Å²) in [6.45, 7) is 0.331. The summed E-state index contributed by atoms with van der Waals surface area (Å²) in [4.78, 5) is 27.0. The first-order valence-corrected chi connectivity index (χ1v) is 13.7. The van der Waals surface area contributed by atoms with Crippen molar-refractivity contribution in [2.75, 3.05) is 17.9 Å².